The third kappa shape index (κ3) is 6.22. The zero-order valence-electron chi connectivity index (χ0n) is 13.5. The Kier molecular flexibility index (Phi) is 9.12. The van der Waals surface area contributed by atoms with Gasteiger partial charge in [0.2, 0.25) is 0 Å². The monoisotopic (exact) mass is 425 g/mol. The van der Waals surface area contributed by atoms with E-state index >= 15 is 0 Å². The van der Waals surface area contributed by atoms with Crippen molar-refractivity contribution in [2.75, 3.05) is 24.7 Å². The largest absolute Gasteiger partial charge is 0.397 e. The molecule has 156 valence electrons. The molecule has 0 spiro atoms. The van der Waals surface area contributed by atoms with Gasteiger partial charge in [-0.2, -0.15) is 8.42 Å². The van der Waals surface area contributed by atoms with E-state index in [0.29, 0.717) is 0 Å². The molecule has 0 saturated carbocycles. The summed E-state index contributed by atoms with van der Waals surface area (Å²) in [6.07, 6.45) is -12.6. The van der Waals surface area contributed by atoms with E-state index in [1.165, 1.54) is 0 Å². The summed E-state index contributed by atoms with van der Waals surface area (Å²) in [4.78, 5) is 0. The van der Waals surface area contributed by atoms with E-state index in [4.69, 9.17) is 9.66 Å². The zero-order chi connectivity index (χ0) is 20.2. The van der Waals surface area contributed by atoms with Gasteiger partial charge in [-0.05, 0) is 0 Å². The fourth-order valence-electron chi connectivity index (χ4n) is 2.62. The van der Waals surface area contributed by atoms with E-state index in [1.807, 2.05) is 0 Å². The molecule has 0 bridgehead atoms. The molecule has 1 aliphatic rings. The minimum atomic E-state index is -5.17. The summed E-state index contributed by atoms with van der Waals surface area (Å²) in [5, 5.41) is 76.0. The molecule has 1 heterocycles. The highest BCUT2D eigenvalue weighted by molar-refractivity contribution is 7.97. The highest BCUT2D eigenvalue weighted by Gasteiger charge is 2.52. The lowest BCUT2D eigenvalue weighted by molar-refractivity contribution is -0.129. The van der Waals surface area contributed by atoms with E-state index in [2.05, 4.69) is 4.18 Å². The van der Waals surface area contributed by atoms with Gasteiger partial charge in [-0.25, -0.2) is 4.18 Å². The molecule has 0 aromatic carbocycles. The minimum Gasteiger partial charge on any atom is -0.394 e. The summed E-state index contributed by atoms with van der Waals surface area (Å²) in [5.41, 5.74) is 0. The summed E-state index contributed by atoms with van der Waals surface area (Å²) in [6.45, 7) is -1.51. The normalized spacial score (nSPS) is 32.8. The Bertz CT molecular complexity index is 530. The molecule has 0 aliphatic carbocycles. The molecule has 1 fully saturated rings. The molecule has 0 aromatic heterocycles. The Morgan fingerprint density at radius 3 is 2.08 bits per heavy atom. The molecule has 9 unspecified atom stereocenters. The van der Waals surface area contributed by atoms with Gasteiger partial charge in [0, 0.05) is 10.9 Å². The van der Waals surface area contributed by atoms with E-state index < -0.39 is 82.5 Å². The molecule has 1 aliphatic heterocycles. The van der Waals surface area contributed by atoms with Crippen molar-refractivity contribution in [1.82, 2.24) is 0 Å². The van der Waals surface area contributed by atoms with Crippen LogP contribution in [0.3, 0.4) is 0 Å². The van der Waals surface area contributed by atoms with Crippen LogP contribution >= 0.6 is 0 Å². The first kappa shape index (κ1) is 23.9. The van der Waals surface area contributed by atoms with Crippen LogP contribution in [0.5, 0.6) is 0 Å². The molecular formula is C12H25O12S2+. The Morgan fingerprint density at radius 1 is 1.04 bits per heavy atom. The van der Waals surface area contributed by atoms with Gasteiger partial charge in [-0.3, -0.25) is 4.55 Å². The van der Waals surface area contributed by atoms with Crippen LogP contribution in [0.15, 0.2) is 0 Å². The highest BCUT2D eigenvalue weighted by Crippen LogP contribution is 2.26. The average molecular weight is 425 g/mol. The minimum absolute atomic E-state index is 0.0139. The van der Waals surface area contributed by atoms with Gasteiger partial charge in [0.25, 0.3) is 0 Å². The first-order chi connectivity index (χ1) is 11.9. The number of aliphatic hydroxyl groups is 8. The Labute approximate surface area is 152 Å². The smallest absolute Gasteiger partial charge is 0.394 e. The third-order valence-electron chi connectivity index (χ3n) is 4.03. The summed E-state index contributed by atoms with van der Waals surface area (Å²) >= 11 is 0. The Morgan fingerprint density at radius 2 is 1.62 bits per heavy atom. The zero-order valence-corrected chi connectivity index (χ0v) is 15.1. The van der Waals surface area contributed by atoms with Crippen LogP contribution in [-0.4, -0.2) is 127 Å². The number of hydrogen-bond acceptors (Lipinski definition) is 11. The van der Waals surface area contributed by atoms with Crippen molar-refractivity contribution in [2.24, 2.45) is 0 Å². The van der Waals surface area contributed by atoms with Crippen molar-refractivity contribution in [3.63, 3.8) is 0 Å². The van der Waals surface area contributed by atoms with Gasteiger partial charge in [0.05, 0.1) is 13.2 Å². The molecule has 0 aromatic rings. The van der Waals surface area contributed by atoms with Crippen molar-refractivity contribution in [3.05, 3.63) is 0 Å². The second-order valence-corrected chi connectivity index (χ2v) is 9.33. The van der Waals surface area contributed by atoms with Crippen molar-refractivity contribution < 1.29 is 58.0 Å². The van der Waals surface area contributed by atoms with Gasteiger partial charge in [0.1, 0.15) is 54.2 Å². The van der Waals surface area contributed by atoms with Crippen molar-refractivity contribution in [2.45, 2.75) is 48.0 Å². The van der Waals surface area contributed by atoms with Crippen LogP contribution in [0.1, 0.15) is 0 Å². The lowest BCUT2D eigenvalue weighted by atomic mass is 10.0. The standard InChI is InChI=1S/C12H24O12S2/c13-1-5(15)10(19)11(20)12(24-26(21,22)23)7(17)4-25-3-6(16)9(18)8(25)2-14/h5-20H,1-4H2/p+1. The van der Waals surface area contributed by atoms with Gasteiger partial charge in [-0.15, -0.1) is 0 Å². The van der Waals surface area contributed by atoms with Crippen LogP contribution in [0.25, 0.3) is 0 Å². The maximum Gasteiger partial charge on any atom is 0.397 e. The van der Waals surface area contributed by atoms with Gasteiger partial charge in [0.15, 0.2) is 5.25 Å². The predicted molar refractivity (Wildman–Crippen MR) is 87.5 cm³/mol. The van der Waals surface area contributed by atoms with Crippen LogP contribution < -0.4 is 0 Å². The molecule has 14 heteroatoms. The maximum atomic E-state index is 11.0. The van der Waals surface area contributed by atoms with E-state index in [1.54, 1.807) is 0 Å². The topological polar surface area (TPSA) is 225 Å². The second-order valence-electron chi connectivity index (χ2n) is 5.94. The van der Waals surface area contributed by atoms with Crippen LogP contribution in [0.2, 0.25) is 0 Å². The first-order valence-corrected chi connectivity index (χ1v) is 10.5. The highest BCUT2D eigenvalue weighted by atomic mass is 32.3. The molecule has 12 nitrogen and oxygen atoms in total. The predicted octanol–water partition coefficient (Wildman–Crippen LogP) is -5.68. The number of hydrogen-bond donors (Lipinski definition) is 9. The first-order valence-electron chi connectivity index (χ1n) is 7.55. The second kappa shape index (κ2) is 9.90. The van der Waals surface area contributed by atoms with Gasteiger partial charge >= 0.3 is 10.4 Å². The summed E-state index contributed by atoms with van der Waals surface area (Å²) in [5.74, 6) is -0.363. The number of rotatable bonds is 10. The quantitative estimate of drug-likeness (QED) is 0.118. The Hall–Kier alpha value is -0.100. The summed E-state index contributed by atoms with van der Waals surface area (Å²) in [7, 11) is -6.18. The molecular weight excluding hydrogens is 400 g/mol. The molecule has 1 saturated heterocycles. The van der Waals surface area contributed by atoms with Crippen LogP contribution in [0.4, 0.5) is 0 Å². The lowest BCUT2D eigenvalue weighted by Gasteiger charge is -2.30. The van der Waals surface area contributed by atoms with Crippen molar-refractivity contribution in [1.29, 1.82) is 0 Å². The molecule has 1 rings (SSSR count). The molecule has 9 atom stereocenters. The van der Waals surface area contributed by atoms with Crippen LogP contribution in [-0.2, 0) is 25.5 Å². The average Bonchev–Trinajstić information content (AvgIpc) is 2.82. The molecule has 9 N–H and O–H groups in total. The van der Waals surface area contributed by atoms with Crippen molar-refractivity contribution in [3.8, 4) is 0 Å². The third-order valence-corrected chi connectivity index (χ3v) is 7.32. The van der Waals surface area contributed by atoms with E-state index in [0.717, 1.165) is 0 Å². The summed E-state index contributed by atoms with van der Waals surface area (Å²) < 4.78 is 35.0. The van der Waals surface area contributed by atoms with E-state index in [-0.39, 0.29) is 11.5 Å². The molecule has 0 amide bonds. The van der Waals surface area contributed by atoms with Gasteiger partial charge < -0.3 is 40.9 Å². The van der Waals surface area contributed by atoms with Crippen molar-refractivity contribution >= 4 is 21.3 Å². The maximum absolute atomic E-state index is 11.0. The molecule has 0 radical (unpaired) electrons. The fourth-order valence-corrected chi connectivity index (χ4v) is 5.83. The lowest BCUT2D eigenvalue weighted by Crippen LogP contribution is -2.53. The summed E-state index contributed by atoms with van der Waals surface area (Å²) in [6, 6.07) is 0. The number of aliphatic hydroxyl groups excluding tert-OH is 8. The Balaban J connectivity index is 2.95. The van der Waals surface area contributed by atoms with Gasteiger partial charge in [-0.1, -0.05) is 0 Å². The fraction of sp³-hybridized carbons (Fsp3) is 1.00. The SMILES string of the molecule is O=S(=O)(O)OC(C(O)C[S+]1CC(O)C(O)C1CO)C(O)C(O)C(O)CO. The van der Waals surface area contributed by atoms with E-state index in [9.17, 15) is 44.2 Å². The van der Waals surface area contributed by atoms with Crippen LogP contribution in [0, 0.1) is 0 Å². The molecule has 26 heavy (non-hydrogen) atoms.